The molecule has 1 aromatic heterocycles. The van der Waals surface area contributed by atoms with E-state index in [9.17, 15) is 18.0 Å². The number of amides is 1. The molecule has 0 fully saturated rings. The van der Waals surface area contributed by atoms with Gasteiger partial charge in [0.25, 0.3) is 0 Å². The summed E-state index contributed by atoms with van der Waals surface area (Å²) in [5, 5.41) is 3.28. The lowest BCUT2D eigenvalue weighted by Crippen LogP contribution is -2.46. The van der Waals surface area contributed by atoms with Crippen LogP contribution in [0.2, 0.25) is 0 Å². The van der Waals surface area contributed by atoms with Crippen LogP contribution in [-0.4, -0.2) is 42.5 Å². The summed E-state index contributed by atoms with van der Waals surface area (Å²) in [5.41, 5.74) is 1.88. The van der Waals surface area contributed by atoms with Gasteiger partial charge in [0.15, 0.2) is 0 Å². The molecule has 132 valence electrons. The minimum Gasteiger partial charge on any atom is -0.359 e. The van der Waals surface area contributed by atoms with Gasteiger partial charge in [0.1, 0.15) is 5.69 Å². The number of likely N-dealkylation sites (N-methyl/N-ethyl adjacent to an activating group) is 1. The first-order chi connectivity index (χ1) is 11.8. The highest BCUT2D eigenvalue weighted by molar-refractivity contribution is 6.00. The molecule has 0 saturated heterocycles. The maximum Gasteiger partial charge on any atom is 0.431 e. The van der Waals surface area contributed by atoms with Crippen LogP contribution in [-0.2, 0) is 17.4 Å². The Balaban J connectivity index is 1.95. The van der Waals surface area contributed by atoms with Gasteiger partial charge in [0, 0.05) is 30.5 Å². The van der Waals surface area contributed by atoms with E-state index in [1.807, 2.05) is 24.1 Å². The van der Waals surface area contributed by atoms with Gasteiger partial charge in [-0.3, -0.25) is 9.69 Å². The highest BCUT2D eigenvalue weighted by atomic mass is 19.4. The Hall–Kier alpha value is -2.28. The molecule has 2 N–H and O–H groups in total. The van der Waals surface area contributed by atoms with E-state index in [0.717, 1.165) is 11.1 Å². The standard InChI is InChI=1S/C18H18F3N3O/c1-22-17(25)9-6-11-10-4-3-5-13-15(10)12(7-14(11)24(2)8-9)16(23-13)18(19,20)21/h3-6,9,14,23H,7-8H2,1-2H3,(H,22,25). The third kappa shape index (κ3) is 2.37. The molecular formula is C18H18F3N3O. The molecule has 2 aliphatic rings. The molecule has 2 heterocycles. The smallest absolute Gasteiger partial charge is 0.359 e. The SMILES string of the molecule is CNC(=O)C1C=C2c3cccc4[nH]c(C(F)(F)F)c(c34)CC2N(C)C1. The Morgan fingerprint density at radius 1 is 1.36 bits per heavy atom. The van der Waals surface area contributed by atoms with Crippen molar-refractivity contribution in [3.05, 3.63) is 41.1 Å². The molecule has 4 nitrogen and oxygen atoms in total. The molecule has 0 saturated carbocycles. The van der Waals surface area contributed by atoms with Gasteiger partial charge in [-0.15, -0.1) is 0 Å². The van der Waals surface area contributed by atoms with Gasteiger partial charge in [0.2, 0.25) is 5.91 Å². The number of alkyl halides is 3. The summed E-state index contributed by atoms with van der Waals surface area (Å²) in [7, 11) is 3.45. The van der Waals surface area contributed by atoms with E-state index in [-0.39, 0.29) is 24.3 Å². The van der Waals surface area contributed by atoms with Crippen molar-refractivity contribution >= 4 is 22.4 Å². The van der Waals surface area contributed by atoms with Gasteiger partial charge in [-0.2, -0.15) is 13.2 Å². The maximum absolute atomic E-state index is 13.5. The molecule has 0 spiro atoms. The van der Waals surface area contributed by atoms with Gasteiger partial charge in [0.05, 0.1) is 5.92 Å². The number of H-pyrrole nitrogens is 1. The van der Waals surface area contributed by atoms with E-state index in [1.54, 1.807) is 19.2 Å². The highest BCUT2D eigenvalue weighted by Gasteiger charge is 2.42. The second kappa shape index (κ2) is 5.36. The van der Waals surface area contributed by atoms with Crippen LogP contribution in [0.4, 0.5) is 13.2 Å². The predicted octanol–water partition coefficient (Wildman–Crippen LogP) is 2.80. The maximum atomic E-state index is 13.5. The van der Waals surface area contributed by atoms with E-state index in [2.05, 4.69) is 10.3 Å². The summed E-state index contributed by atoms with van der Waals surface area (Å²) in [6, 6.07) is 5.11. The quantitative estimate of drug-likeness (QED) is 0.832. The monoisotopic (exact) mass is 349 g/mol. The normalized spacial score (nSPS) is 23.3. The van der Waals surface area contributed by atoms with Crippen molar-refractivity contribution in [2.45, 2.75) is 18.6 Å². The molecule has 1 amide bonds. The zero-order valence-electron chi connectivity index (χ0n) is 13.9. The lowest BCUT2D eigenvalue weighted by Gasteiger charge is -2.39. The topological polar surface area (TPSA) is 48.1 Å². The van der Waals surface area contributed by atoms with Gasteiger partial charge in [-0.1, -0.05) is 18.2 Å². The van der Waals surface area contributed by atoms with Crippen LogP contribution in [0.5, 0.6) is 0 Å². The number of nitrogens with zero attached hydrogens (tertiary/aromatic N) is 1. The van der Waals surface area contributed by atoms with Crippen molar-refractivity contribution in [3.63, 3.8) is 0 Å². The number of carbonyl (C=O) groups is 1. The van der Waals surface area contributed by atoms with Crippen molar-refractivity contribution in [2.24, 2.45) is 5.92 Å². The molecule has 25 heavy (non-hydrogen) atoms. The molecule has 2 aromatic rings. The molecule has 1 aliphatic heterocycles. The Bertz CT molecular complexity index is 897. The fourth-order valence-electron chi connectivity index (χ4n) is 4.13. The Morgan fingerprint density at radius 3 is 2.80 bits per heavy atom. The summed E-state index contributed by atoms with van der Waals surface area (Å²) in [6.45, 7) is 0.491. The number of rotatable bonds is 1. The van der Waals surface area contributed by atoms with Crippen LogP contribution >= 0.6 is 0 Å². The highest BCUT2D eigenvalue weighted by Crippen LogP contribution is 2.45. The number of carbonyl (C=O) groups excluding carboxylic acids is 1. The van der Waals surface area contributed by atoms with Crippen LogP contribution in [0.1, 0.15) is 16.8 Å². The first-order valence-corrected chi connectivity index (χ1v) is 8.16. The Kier molecular flexibility index (Phi) is 3.47. The van der Waals surface area contributed by atoms with Crippen molar-refractivity contribution in [1.29, 1.82) is 0 Å². The summed E-state index contributed by atoms with van der Waals surface area (Å²) in [5.74, 6) is -0.389. The minimum absolute atomic E-state index is 0.0826. The number of hydrogen-bond acceptors (Lipinski definition) is 2. The lowest BCUT2D eigenvalue weighted by atomic mass is 9.79. The zero-order chi connectivity index (χ0) is 17.9. The molecule has 7 heteroatoms. The Morgan fingerprint density at radius 2 is 2.12 bits per heavy atom. The molecule has 2 unspecified atom stereocenters. The Labute approximate surface area is 142 Å². The number of nitrogens with one attached hydrogen (secondary N) is 2. The van der Waals surface area contributed by atoms with Crippen molar-refractivity contribution in [1.82, 2.24) is 15.2 Å². The van der Waals surface area contributed by atoms with Crippen LogP contribution in [0.15, 0.2) is 24.3 Å². The third-order valence-corrected chi connectivity index (χ3v) is 5.26. The number of hydrogen-bond donors (Lipinski definition) is 2. The first-order valence-electron chi connectivity index (χ1n) is 8.16. The molecule has 0 radical (unpaired) electrons. The minimum atomic E-state index is -4.41. The predicted molar refractivity (Wildman–Crippen MR) is 89.0 cm³/mol. The number of halogens is 3. The number of aromatic nitrogens is 1. The fraction of sp³-hybridized carbons (Fsp3) is 0.389. The van der Waals surface area contributed by atoms with Crippen molar-refractivity contribution in [2.75, 3.05) is 20.6 Å². The van der Waals surface area contributed by atoms with Crippen molar-refractivity contribution in [3.8, 4) is 0 Å². The average molecular weight is 349 g/mol. The van der Waals surface area contributed by atoms with Crippen LogP contribution in [0.3, 0.4) is 0 Å². The molecule has 2 atom stereocenters. The number of benzene rings is 1. The molecule has 1 aliphatic carbocycles. The summed E-state index contributed by atoms with van der Waals surface area (Å²) < 4.78 is 40.4. The molecule has 1 aromatic carbocycles. The van der Waals surface area contributed by atoms with E-state index in [4.69, 9.17) is 0 Å². The summed E-state index contributed by atoms with van der Waals surface area (Å²) in [6.07, 6.45) is -2.21. The third-order valence-electron chi connectivity index (χ3n) is 5.26. The molecule has 4 rings (SSSR count). The van der Waals surface area contributed by atoms with Gasteiger partial charge >= 0.3 is 6.18 Å². The van der Waals surface area contributed by atoms with Crippen LogP contribution in [0.25, 0.3) is 16.5 Å². The van der Waals surface area contributed by atoms with Crippen molar-refractivity contribution < 1.29 is 18.0 Å². The van der Waals surface area contributed by atoms with Gasteiger partial charge in [-0.25, -0.2) is 0 Å². The van der Waals surface area contributed by atoms with Gasteiger partial charge in [-0.05, 0) is 36.2 Å². The van der Waals surface area contributed by atoms with Crippen LogP contribution in [0, 0.1) is 5.92 Å². The molecular weight excluding hydrogens is 331 g/mol. The largest absolute Gasteiger partial charge is 0.431 e. The van der Waals surface area contributed by atoms with E-state index in [0.29, 0.717) is 23.0 Å². The second-order valence-corrected chi connectivity index (χ2v) is 6.71. The van der Waals surface area contributed by atoms with E-state index in [1.165, 1.54) is 0 Å². The number of aromatic amines is 1. The first kappa shape index (κ1) is 16.2. The second-order valence-electron chi connectivity index (χ2n) is 6.71. The summed E-state index contributed by atoms with van der Waals surface area (Å²) >= 11 is 0. The number of fused-ring (bicyclic) bond motifs is 2. The van der Waals surface area contributed by atoms with E-state index >= 15 is 0 Å². The zero-order valence-corrected chi connectivity index (χ0v) is 13.9. The lowest BCUT2D eigenvalue weighted by molar-refractivity contribution is -0.141. The van der Waals surface area contributed by atoms with E-state index < -0.39 is 11.9 Å². The average Bonchev–Trinajstić information content (AvgIpc) is 2.95. The molecule has 0 bridgehead atoms. The fourth-order valence-corrected chi connectivity index (χ4v) is 4.13. The summed E-state index contributed by atoms with van der Waals surface area (Å²) in [4.78, 5) is 16.6. The van der Waals surface area contributed by atoms with Gasteiger partial charge < -0.3 is 10.3 Å². The van der Waals surface area contributed by atoms with Crippen LogP contribution < -0.4 is 5.32 Å².